The van der Waals surface area contributed by atoms with Crippen LogP contribution in [0.4, 0.5) is 0 Å². The summed E-state index contributed by atoms with van der Waals surface area (Å²) in [6.07, 6.45) is 7.65. The number of fused-ring (bicyclic) bond motifs is 1. The summed E-state index contributed by atoms with van der Waals surface area (Å²) < 4.78 is 2.89. The number of halogens is 1. The third-order valence-electron chi connectivity index (χ3n) is 3.29. The minimum atomic E-state index is 0.577. The van der Waals surface area contributed by atoms with Gasteiger partial charge in [0.15, 0.2) is 0 Å². The SMILES string of the molecule is CCn1c(C2=CC=CC(I)C2)nc2ccccc21. The van der Waals surface area contributed by atoms with Crippen LogP contribution in [0.25, 0.3) is 16.6 Å². The molecule has 0 spiro atoms. The average Bonchev–Trinajstić information content (AvgIpc) is 2.77. The minimum absolute atomic E-state index is 0.577. The van der Waals surface area contributed by atoms with Crippen LogP contribution in [-0.4, -0.2) is 13.5 Å². The standard InChI is InChI=1S/C15H15IN2/c1-2-18-14-9-4-3-8-13(14)17-15(18)11-6-5-7-12(16)10-11/h3-9,12H,2,10H2,1H3. The van der Waals surface area contributed by atoms with Crippen LogP contribution in [0, 0.1) is 0 Å². The van der Waals surface area contributed by atoms with Gasteiger partial charge in [-0.15, -0.1) is 0 Å². The highest BCUT2D eigenvalue weighted by molar-refractivity contribution is 14.1. The third-order valence-corrected chi connectivity index (χ3v) is 4.15. The van der Waals surface area contributed by atoms with E-state index < -0.39 is 0 Å². The number of nitrogens with zero attached hydrogens (tertiary/aromatic N) is 2. The number of aromatic nitrogens is 2. The second-order valence-electron chi connectivity index (χ2n) is 4.47. The van der Waals surface area contributed by atoms with Gasteiger partial charge in [-0.25, -0.2) is 4.98 Å². The number of para-hydroxylation sites is 2. The van der Waals surface area contributed by atoms with Crippen LogP contribution in [0.5, 0.6) is 0 Å². The van der Waals surface area contributed by atoms with Gasteiger partial charge in [-0.1, -0.05) is 53.0 Å². The number of alkyl halides is 1. The number of imidazole rings is 1. The van der Waals surface area contributed by atoms with Crippen molar-refractivity contribution in [3.8, 4) is 0 Å². The summed E-state index contributed by atoms with van der Waals surface area (Å²) in [4.78, 5) is 4.80. The first-order valence-electron chi connectivity index (χ1n) is 6.26. The second-order valence-corrected chi connectivity index (χ2v) is 6.07. The molecule has 0 N–H and O–H groups in total. The van der Waals surface area contributed by atoms with Crippen molar-refractivity contribution in [1.82, 2.24) is 9.55 Å². The van der Waals surface area contributed by atoms with Crippen molar-refractivity contribution in [3.63, 3.8) is 0 Å². The van der Waals surface area contributed by atoms with Gasteiger partial charge in [0, 0.05) is 10.5 Å². The molecule has 1 heterocycles. The maximum Gasteiger partial charge on any atom is 0.137 e. The van der Waals surface area contributed by atoms with Crippen LogP contribution in [0.15, 0.2) is 42.5 Å². The zero-order valence-electron chi connectivity index (χ0n) is 10.3. The van der Waals surface area contributed by atoms with Gasteiger partial charge in [0.1, 0.15) is 5.82 Å². The molecule has 0 fully saturated rings. The molecule has 0 amide bonds. The van der Waals surface area contributed by atoms with Gasteiger partial charge in [-0.2, -0.15) is 0 Å². The maximum atomic E-state index is 4.80. The van der Waals surface area contributed by atoms with E-state index in [0.29, 0.717) is 3.92 Å². The lowest BCUT2D eigenvalue weighted by atomic mass is 10.0. The number of allylic oxidation sites excluding steroid dienone is 4. The van der Waals surface area contributed by atoms with Crippen LogP contribution in [0.1, 0.15) is 19.2 Å². The number of benzene rings is 1. The summed E-state index contributed by atoms with van der Waals surface area (Å²) in [5.41, 5.74) is 3.67. The Balaban J connectivity index is 2.17. The van der Waals surface area contributed by atoms with Gasteiger partial charge in [0.05, 0.1) is 11.0 Å². The molecular weight excluding hydrogens is 335 g/mol. The zero-order chi connectivity index (χ0) is 12.5. The topological polar surface area (TPSA) is 17.8 Å². The summed E-state index contributed by atoms with van der Waals surface area (Å²) in [7, 11) is 0. The van der Waals surface area contributed by atoms with E-state index in [1.807, 2.05) is 0 Å². The smallest absolute Gasteiger partial charge is 0.137 e. The van der Waals surface area contributed by atoms with E-state index in [4.69, 9.17) is 4.98 Å². The van der Waals surface area contributed by atoms with Crippen LogP contribution in [0.2, 0.25) is 0 Å². The summed E-state index contributed by atoms with van der Waals surface area (Å²) in [6.45, 7) is 3.14. The molecule has 0 bridgehead atoms. The van der Waals surface area contributed by atoms with Crippen molar-refractivity contribution in [3.05, 3.63) is 48.3 Å². The fraction of sp³-hybridized carbons (Fsp3) is 0.267. The number of aryl methyl sites for hydroxylation is 1. The van der Waals surface area contributed by atoms with E-state index in [2.05, 4.69) is 76.6 Å². The second kappa shape index (κ2) is 4.88. The van der Waals surface area contributed by atoms with Crippen LogP contribution in [0.3, 0.4) is 0 Å². The Morgan fingerprint density at radius 1 is 1.39 bits per heavy atom. The number of rotatable bonds is 2. The van der Waals surface area contributed by atoms with Crippen molar-refractivity contribution in [1.29, 1.82) is 0 Å². The molecule has 92 valence electrons. The molecule has 1 aromatic heterocycles. The molecule has 1 unspecified atom stereocenters. The number of hydrogen-bond acceptors (Lipinski definition) is 1. The molecule has 1 aliphatic rings. The third kappa shape index (κ3) is 2.00. The molecule has 0 radical (unpaired) electrons. The lowest BCUT2D eigenvalue weighted by molar-refractivity contribution is 0.767. The van der Waals surface area contributed by atoms with Crippen LogP contribution >= 0.6 is 22.6 Å². The zero-order valence-corrected chi connectivity index (χ0v) is 12.5. The van der Waals surface area contributed by atoms with E-state index in [1.165, 1.54) is 11.1 Å². The Hall–Kier alpha value is -1.10. The lowest BCUT2D eigenvalue weighted by Crippen LogP contribution is -2.06. The fourth-order valence-corrected chi connectivity index (χ4v) is 3.16. The normalized spacial score (nSPS) is 19.2. The van der Waals surface area contributed by atoms with E-state index in [1.54, 1.807) is 0 Å². The van der Waals surface area contributed by atoms with Crippen LogP contribution < -0.4 is 0 Å². The van der Waals surface area contributed by atoms with Gasteiger partial charge < -0.3 is 4.57 Å². The average molecular weight is 350 g/mol. The molecule has 2 aromatic rings. The van der Waals surface area contributed by atoms with Gasteiger partial charge in [-0.3, -0.25) is 0 Å². The molecule has 1 aromatic carbocycles. The van der Waals surface area contributed by atoms with E-state index in [9.17, 15) is 0 Å². The van der Waals surface area contributed by atoms with Gasteiger partial charge >= 0.3 is 0 Å². The van der Waals surface area contributed by atoms with Gasteiger partial charge in [0.2, 0.25) is 0 Å². The Morgan fingerprint density at radius 3 is 3.00 bits per heavy atom. The summed E-state index contributed by atoms with van der Waals surface area (Å²) >= 11 is 2.48. The summed E-state index contributed by atoms with van der Waals surface area (Å²) in [5.74, 6) is 1.13. The Labute approximate surface area is 121 Å². The van der Waals surface area contributed by atoms with E-state index in [-0.39, 0.29) is 0 Å². The molecule has 3 rings (SSSR count). The molecule has 18 heavy (non-hydrogen) atoms. The first-order chi connectivity index (χ1) is 8.79. The first-order valence-corrected chi connectivity index (χ1v) is 7.51. The molecule has 0 aliphatic heterocycles. The highest BCUT2D eigenvalue weighted by atomic mass is 127. The minimum Gasteiger partial charge on any atom is -0.325 e. The van der Waals surface area contributed by atoms with Gasteiger partial charge in [-0.05, 0) is 31.1 Å². The maximum absolute atomic E-state index is 4.80. The molecule has 2 nitrogen and oxygen atoms in total. The summed E-state index contributed by atoms with van der Waals surface area (Å²) in [6, 6.07) is 8.37. The Morgan fingerprint density at radius 2 is 2.22 bits per heavy atom. The molecule has 0 saturated heterocycles. The Bertz CT molecular complexity index is 637. The predicted molar refractivity (Wildman–Crippen MR) is 84.9 cm³/mol. The van der Waals surface area contributed by atoms with E-state index in [0.717, 1.165) is 24.3 Å². The van der Waals surface area contributed by atoms with Crippen molar-refractivity contribution < 1.29 is 0 Å². The monoisotopic (exact) mass is 350 g/mol. The fourth-order valence-electron chi connectivity index (χ4n) is 2.45. The molecule has 0 saturated carbocycles. The molecule has 1 aliphatic carbocycles. The lowest BCUT2D eigenvalue weighted by Gasteiger charge is -2.14. The largest absolute Gasteiger partial charge is 0.325 e. The highest BCUT2D eigenvalue weighted by Crippen LogP contribution is 2.29. The molecule has 3 heteroatoms. The Kier molecular flexibility index (Phi) is 3.24. The molecular formula is C15H15IN2. The number of hydrogen-bond donors (Lipinski definition) is 0. The van der Waals surface area contributed by atoms with E-state index >= 15 is 0 Å². The van der Waals surface area contributed by atoms with Crippen molar-refractivity contribution in [2.24, 2.45) is 0 Å². The first kappa shape index (κ1) is 12.0. The van der Waals surface area contributed by atoms with Crippen LogP contribution in [-0.2, 0) is 6.54 Å². The molecule has 1 atom stereocenters. The summed E-state index contributed by atoms with van der Waals surface area (Å²) in [5, 5.41) is 0. The quantitative estimate of drug-likeness (QED) is 0.586. The van der Waals surface area contributed by atoms with Crippen molar-refractivity contribution in [2.45, 2.75) is 23.8 Å². The highest BCUT2D eigenvalue weighted by Gasteiger charge is 2.16. The van der Waals surface area contributed by atoms with Gasteiger partial charge in [0.25, 0.3) is 0 Å². The predicted octanol–water partition coefficient (Wildman–Crippen LogP) is 4.20. The van der Waals surface area contributed by atoms with Crippen molar-refractivity contribution in [2.75, 3.05) is 0 Å². The van der Waals surface area contributed by atoms with Crippen molar-refractivity contribution >= 4 is 39.2 Å².